The first-order valence-corrected chi connectivity index (χ1v) is 6.53. The molecule has 118 valence electrons. The van der Waals surface area contributed by atoms with Crippen molar-refractivity contribution in [3.8, 4) is 11.5 Å². The number of hydrogen-bond donors (Lipinski definition) is 1. The highest BCUT2D eigenvalue weighted by atomic mass is 16.5. The molecule has 0 aliphatic carbocycles. The van der Waals surface area contributed by atoms with Gasteiger partial charge >= 0.3 is 17.9 Å². The lowest BCUT2D eigenvalue weighted by Gasteiger charge is -2.03. The molecule has 0 saturated carbocycles. The molecule has 0 saturated heterocycles. The standard InChI is InChI=1S/C10H10O4.C3H6O2.C2H6/c1-7(11)13-9-3-5-10(6-4-9)14-8(2)12;1-2-3(4)5;1-2/h3-6H,1-2H3;2H2,1H3,(H,4,5);1-2H3. The molecule has 6 nitrogen and oxygen atoms in total. The van der Waals surface area contributed by atoms with Gasteiger partial charge in [0.1, 0.15) is 11.5 Å². The van der Waals surface area contributed by atoms with E-state index in [1.165, 1.54) is 13.8 Å². The number of carbonyl (C=O) groups excluding carboxylic acids is 2. The van der Waals surface area contributed by atoms with E-state index >= 15 is 0 Å². The van der Waals surface area contributed by atoms with E-state index in [-0.39, 0.29) is 18.4 Å². The van der Waals surface area contributed by atoms with Crippen LogP contribution in [0.4, 0.5) is 0 Å². The van der Waals surface area contributed by atoms with Gasteiger partial charge in [0.2, 0.25) is 0 Å². The summed E-state index contributed by atoms with van der Waals surface area (Å²) >= 11 is 0. The van der Waals surface area contributed by atoms with Crippen molar-refractivity contribution in [2.24, 2.45) is 0 Å². The van der Waals surface area contributed by atoms with Crippen LogP contribution in [0.15, 0.2) is 24.3 Å². The summed E-state index contributed by atoms with van der Waals surface area (Å²) in [6.07, 6.45) is 0.222. The third-order valence-corrected chi connectivity index (χ3v) is 1.65. The Hall–Kier alpha value is -2.37. The lowest BCUT2D eigenvalue weighted by molar-refractivity contribution is -0.136. The highest BCUT2D eigenvalue weighted by Gasteiger charge is 2.00. The molecule has 1 aromatic carbocycles. The van der Waals surface area contributed by atoms with Crippen molar-refractivity contribution < 1.29 is 29.0 Å². The summed E-state index contributed by atoms with van der Waals surface area (Å²) in [5, 5.41) is 7.72. The summed E-state index contributed by atoms with van der Waals surface area (Å²) in [7, 11) is 0. The fourth-order valence-corrected chi connectivity index (χ4v) is 0.908. The van der Waals surface area contributed by atoms with Crippen molar-refractivity contribution in [1.82, 2.24) is 0 Å². The van der Waals surface area contributed by atoms with Crippen LogP contribution in [0, 0.1) is 0 Å². The zero-order valence-corrected chi connectivity index (χ0v) is 13.0. The first kappa shape index (κ1) is 20.9. The van der Waals surface area contributed by atoms with Gasteiger partial charge in [-0.2, -0.15) is 0 Å². The average Bonchev–Trinajstić information content (AvgIpc) is 2.43. The van der Waals surface area contributed by atoms with Gasteiger partial charge in [-0.25, -0.2) is 0 Å². The summed E-state index contributed by atoms with van der Waals surface area (Å²) < 4.78 is 9.59. The minimum absolute atomic E-state index is 0.222. The molecule has 0 heterocycles. The van der Waals surface area contributed by atoms with E-state index in [2.05, 4.69) is 0 Å². The van der Waals surface area contributed by atoms with Gasteiger partial charge in [0.15, 0.2) is 0 Å². The van der Waals surface area contributed by atoms with Gasteiger partial charge in [-0.15, -0.1) is 0 Å². The van der Waals surface area contributed by atoms with Crippen LogP contribution in [0.1, 0.15) is 41.0 Å². The number of ether oxygens (including phenoxy) is 2. The predicted octanol–water partition coefficient (Wildman–Crippen LogP) is 3.04. The Balaban J connectivity index is 0. The summed E-state index contributed by atoms with van der Waals surface area (Å²) in [6, 6.07) is 6.22. The van der Waals surface area contributed by atoms with Gasteiger partial charge in [-0.3, -0.25) is 14.4 Å². The maximum atomic E-state index is 10.6. The Morgan fingerprint density at radius 2 is 1.14 bits per heavy atom. The second-order valence-corrected chi connectivity index (χ2v) is 3.41. The van der Waals surface area contributed by atoms with Gasteiger partial charge in [0, 0.05) is 20.3 Å². The molecule has 1 aromatic rings. The van der Waals surface area contributed by atoms with E-state index in [1.54, 1.807) is 31.2 Å². The number of hydrogen-bond acceptors (Lipinski definition) is 5. The van der Waals surface area contributed by atoms with Gasteiger partial charge in [-0.1, -0.05) is 20.8 Å². The van der Waals surface area contributed by atoms with E-state index in [0.717, 1.165) is 0 Å². The second kappa shape index (κ2) is 12.7. The number of benzene rings is 1. The fourth-order valence-electron chi connectivity index (χ4n) is 0.908. The topological polar surface area (TPSA) is 89.9 Å². The number of rotatable bonds is 3. The largest absolute Gasteiger partial charge is 0.481 e. The van der Waals surface area contributed by atoms with Crippen LogP contribution in [0.3, 0.4) is 0 Å². The molecule has 0 aliphatic heterocycles. The minimum Gasteiger partial charge on any atom is -0.481 e. The molecule has 0 spiro atoms. The first-order valence-electron chi connectivity index (χ1n) is 6.53. The Kier molecular flexibility index (Phi) is 12.6. The normalized spacial score (nSPS) is 8.24. The van der Waals surface area contributed by atoms with Crippen LogP contribution in [0.2, 0.25) is 0 Å². The van der Waals surface area contributed by atoms with E-state index in [0.29, 0.717) is 11.5 Å². The van der Waals surface area contributed by atoms with Crippen LogP contribution >= 0.6 is 0 Å². The molecule has 0 amide bonds. The van der Waals surface area contributed by atoms with Crippen LogP contribution in [0.5, 0.6) is 11.5 Å². The Morgan fingerprint density at radius 3 is 1.29 bits per heavy atom. The van der Waals surface area contributed by atoms with Crippen LogP contribution < -0.4 is 9.47 Å². The molecule has 0 fully saturated rings. The quantitative estimate of drug-likeness (QED) is 0.681. The van der Waals surface area contributed by atoms with Crippen LogP contribution in [0.25, 0.3) is 0 Å². The van der Waals surface area contributed by atoms with E-state index in [1.807, 2.05) is 13.8 Å². The molecular weight excluding hydrogens is 276 g/mol. The summed E-state index contributed by atoms with van der Waals surface area (Å²) in [5.41, 5.74) is 0. The highest BCUT2D eigenvalue weighted by molar-refractivity contribution is 5.70. The van der Waals surface area contributed by atoms with E-state index < -0.39 is 5.97 Å². The second-order valence-electron chi connectivity index (χ2n) is 3.41. The van der Waals surface area contributed by atoms with Crippen molar-refractivity contribution in [2.75, 3.05) is 0 Å². The zero-order chi connectivity index (χ0) is 16.8. The van der Waals surface area contributed by atoms with Crippen molar-refractivity contribution in [1.29, 1.82) is 0 Å². The van der Waals surface area contributed by atoms with Gasteiger partial charge in [0.05, 0.1) is 0 Å². The number of carboxylic acids is 1. The third kappa shape index (κ3) is 13.9. The Labute approximate surface area is 124 Å². The van der Waals surface area contributed by atoms with Crippen LogP contribution in [-0.2, 0) is 14.4 Å². The number of aliphatic carboxylic acids is 1. The van der Waals surface area contributed by atoms with E-state index in [9.17, 15) is 14.4 Å². The average molecular weight is 298 g/mol. The van der Waals surface area contributed by atoms with Crippen molar-refractivity contribution in [2.45, 2.75) is 41.0 Å². The van der Waals surface area contributed by atoms with E-state index in [4.69, 9.17) is 14.6 Å². The Bertz CT molecular complexity index is 401. The first-order chi connectivity index (χ1) is 9.85. The van der Waals surface area contributed by atoms with Crippen molar-refractivity contribution >= 4 is 17.9 Å². The number of esters is 2. The maximum Gasteiger partial charge on any atom is 0.308 e. The number of carbonyl (C=O) groups is 3. The molecule has 0 aromatic heterocycles. The molecule has 0 unspecified atom stereocenters. The summed E-state index contributed by atoms with van der Waals surface area (Å²) in [5.74, 6) is -0.665. The van der Waals surface area contributed by atoms with Crippen LogP contribution in [-0.4, -0.2) is 23.0 Å². The smallest absolute Gasteiger partial charge is 0.308 e. The molecule has 0 atom stereocenters. The van der Waals surface area contributed by atoms with Crippen molar-refractivity contribution in [3.63, 3.8) is 0 Å². The minimum atomic E-state index is -0.745. The monoisotopic (exact) mass is 298 g/mol. The molecule has 0 radical (unpaired) electrons. The highest BCUT2D eigenvalue weighted by Crippen LogP contribution is 2.17. The third-order valence-electron chi connectivity index (χ3n) is 1.65. The van der Waals surface area contributed by atoms with Crippen molar-refractivity contribution in [3.05, 3.63) is 24.3 Å². The molecule has 0 bridgehead atoms. The lowest BCUT2D eigenvalue weighted by atomic mass is 10.3. The number of carboxylic acid groups (broad SMARTS) is 1. The fraction of sp³-hybridized carbons (Fsp3) is 0.400. The summed E-state index contributed by atoms with van der Waals surface area (Å²) in [4.78, 5) is 30.5. The van der Waals surface area contributed by atoms with Gasteiger partial charge < -0.3 is 14.6 Å². The molecule has 6 heteroatoms. The predicted molar refractivity (Wildman–Crippen MR) is 78.3 cm³/mol. The molecule has 1 rings (SSSR count). The lowest BCUT2D eigenvalue weighted by Crippen LogP contribution is -2.03. The molecule has 0 aliphatic rings. The van der Waals surface area contributed by atoms with Gasteiger partial charge in [0.25, 0.3) is 0 Å². The van der Waals surface area contributed by atoms with Gasteiger partial charge in [-0.05, 0) is 24.3 Å². The maximum absolute atomic E-state index is 10.6. The summed E-state index contributed by atoms with van der Waals surface area (Å²) in [6.45, 7) is 8.24. The SMILES string of the molecule is CC.CC(=O)Oc1ccc(OC(C)=O)cc1.CCC(=O)O. The molecule has 1 N–H and O–H groups in total. The Morgan fingerprint density at radius 1 is 0.905 bits per heavy atom. The molecular formula is C15H22O6. The molecule has 21 heavy (non-hydrogen) atoms. The zero-order valence-electron chi connectivity index (χ0n) is 13.0.